The van der Waals surface area contributed by atoms with Crippen LogP contribution in [0.2, 0.25) is 0 Å². The van der Waals surface area contributed by atoms with Gasteiger partial charge in [0.05, 0.1) is 12.8 Å². The minimum absolute atomic E-state index is 0.0287. The number of ether oxygens (including phenoxy) is 2. The highest BCUT2D eigenvalue weighted by Crippen LogP contribution is 2.00. The molecule has 0 saturated heterocycles. The Hall–Kier alpha value is -1.84. The molecule has 1 unspecified atom stereocenters. The molecule has 1 atom stereocenters. The summed E-state index contributed by atoms with van der Waals surface area (Å²) >= 11 is 0. The fraction of sp³-hybridized carbons (Fsp3) is 0.333. The molecule has 0 spiro atoms. The Bertz CT molecular complexity index is 281. The van der Waals surface area contributed by atoms with E-state index in [0.717, 1.165) is 0 Å². The predicted molar refractivity (Wildman–Crippen MR) is 60.7 cm³/mol. The second-order valence-electron chi connectivity index (χ2n) is 2.93. The van der Waals surface area contributed by atoms with E-state index in [2.05, 4.69) is 19.7 Å². The molecular weight excluding hydrogens is 208 g/mol. The minimum atomic E-state index is -0.624. The molecule has 0 aliphatic carbocycles. The molecule has 4 nitrogen and oxygen atoms in total. The van der Waals surface area contributed by atoms with Gasteiger partial charge in [-0.3, -0.25) is 9.59 Å². The normalized spacial score (nSPS) is 11.0. The molecular formula is C12H16O4. The molecule has 0 aliphatic rings. The van der Waals surface area contributed by atoms with Crippen LogP contribution in [-0.4, -0.2) is 24.6 Å². The van der Waals surface area contributed by atoms with Gasteiger partial charge in [0, 0.05) is 0 Å². The van der Waals surface area contributed by atoms with Crippen molar-refractivity contribution in [3.63, 3.8) is 0 Å². The summed E-state index contributed by atoms with van der Waals surface area (Å²) < 4.78 is 9.77. The van der Waals surface area contributed by atoms with Crippen LogP contribution >= 0.6 is 0 Å². The Morgan fingerprint density at radius 3 is 2.12 bits per heavy atom. The maximum Gasteiger partial charge on any atom is 0.310 e. The van der Waals surface area contributed by atoms with E-state index in [-0.39, 0.29) is 19.4 Å². The molecule has 0 amide bonds. The van der Waals surface area contributed by atoms with Gasteiger partial charge in [0.1, 0.15) is 6.61 Å². The van der Waals surface area contributed by atoms with Crippen molar-refractivity contribution >= 4 is 11.9 Å². The second-order valence-corrected chi connectivity index (χ2v) is 2.93. The molecule has 0 N–H and O–H groups in total. The third kappa shape index (κ3) is 6.59. The van der Waals surface area contributed by atoms with Crippen molar-refractivity contribution < 1.29 is 19.1 Å². The van der Waals surface area contributed by atoms with Crippen molar-refractivity contribution in [3.8, 4) is 0 Å². The highest BCUT2D eigenvalue weighted by atomic mass is 16.6. The molecule has 0 aromatic heterocycles. The number of hydrogen-bond donors (Lipinski definition) is 0. The van der Waals surface area contributed by atoms with Crippen molar-refractivity contribution in [2.24, 2.45) is 0 Å². The van der Waals surface area contributed by atoms with E-state index in [1.165, 1.54) is 18.2 Å². The Morgan fingerprint density at radius 2 is 1.62 bits per heavy atom. The zero-order chi connectivity index (χ0) is 12.4. The summed E-state index contributed by atoms with van der Waals surface area (Å²) in [5, 5.41) is 0. The smallest absolute Gasteiger partial charge is 0.310 e. The van der Waals surface area contributed by atoms with Crippen LogP contribution in [0.1, 0.15) is 12.8 Å². The monoisotopic (exact) mass is 224 g/mol. The molecule has 0 saturated carbocycles. The van der Waals surface area contributed by atoms with Crippen LogP contribution < -0.4 is 0 Å². The fourth-order valence-electron chi connectivity index (χ4n) is 0.837. The van der Waals surface area contributed by atoms with Crippen molar-refractivity contribution in [2.75, 3.05) is 6.61 Å². The Morgan fingerprint density at radius 1 is 1.06 bits per heavy atom. The molecule has 88 valence electrons. The van der Waals surface area contributed by atoms with Gasteiger partial charge < -0.3 is 9.47 Å². The van der Waals surface area contributed by atoms with Gasteiger partial charge in [-0.05, 0) is 6.08 Å². The summed E-state index contributed by atoms with van der Waals surface area (Å²) in [5.41, 5.74) is 0. The van der Waals surface area contributed by atoms with Gasteiger partial charge in [0.15, 0.2) is 6.10 Å². The quantitative estimate of drug-likeness (QED) is 0.466. The molecule has 0 radical (unpaired) electrons. The van der Waals surface area contributed by atoms with Crippen molar-refractivity contribution in [1.29, 1.82) is 0 Å². The van der Waals surface area contributed by atoms with E-state index < -0.39 is 18.0 Å². The van der Waals surface area contributed by atoms with Gasteiger partial charge in [0.2, 0.25) is 0 Å². The van der Waals surface area contributed by atoms with E-state index in [0.29, 0.717) is 0 Å². The van der Waals surface area contributed by atoms with Gasteiger partial charge in [-0.25, -0.2) is 0 Å². The predicted octanol–water partition coefficient (Wildman–Crippen LogP) is 1.78. The molecule has 0 aromatic rings. The molecule has 0 aliphatic heterocycles. The highest BCUT2D eigenvalue weighted by molar-refractivity contribution is 5.72. The summed E-state index contributed by atoms with van der Waals surface area (Å²) in [6.45, 7) is 10.3. The summed E-state index contributed by atoms with van der Waals surface area (Å²) in [6, 6.07) is 0. The molecule has 0 bridgehead atoms. The molecule has 0 heterocycles. The van der Waals surface area contributed by atoms with Crippen LogP contribution in [0.3, 0.4) is 0 Å². The highest BCUT2D eigenvalue weighted by Gasteiger charge is 2.12. The van der Waals surface area contributed by atoms with Crippen LogP contribution in [0.4, 0.5) is 0 Å². The first-order chi connectivity index (χ1) is 7.63. The maximum atomic E-state index is 11.1. The summed E-state index contributed by atoms with van der Waals surface area (Å²) in [6.07, 6.45) is 3.90. The van der Waals surface area contributed by atoms with Crippen LogP contribution in [0, 0.1) is 0 Å². The third-order valence-corrected chi connectivity index (χ3v) is 1.58. The molecule has 0 aromatic carbocycles. The van der Waals surface area contributed by atoms with E-state index in [1.807, 2.05) is 0 Å². The zero-order valence-electron chi connectivity index (χ0n) is 9.19. The van der Waals surface area contributed by atoms with E-state index in [4.69, 9.17) is 9.47 Å². The number of esters is 2. The van der Waals surface area contributed by atoms with Gasteiger partial charge in [-0.15, -0.1) is 13.2 Å². The summed E-state index contributed by atoms with van der Waals surface area (Å²) in [4.78, 5) is 22.1. The minimum Gasteiger partial charge on any atom is -0.461 e. The van der Waals surface area contributed by atoms with Gasteiger partial charge in [-0.1, -0.05) is 18.7 Å². The first-order valence-corrected chi connectivity index (χ1v) is 4.83. The number of carbonyl (C=O) groups is 2. The number of rotatable bonds is 8. The van der Waals surface area contributed by atoms with Crippen LogP contribution in [-0.2, 0) is 19.1 Å². The molecule has 0 rings (SSSR count). The largest absolute Gasteiger partial charge is 0.461 e. The van der Waals surface area contributed by atoms with E-state index in [9.17, 15) is 9.59 Å². The van der Waals surface area contributed by atoms with Gasteiger partial charge >= 0.3 is 11.9 Å². The van der Waals surface area contributed by atoms with Crippen molar-refractivity contribution in [1.82, 2.24) is 0 Å². The Labute approximate surface area is 95.2 Å². The molecule has 0 fully saturated rings. The standard InChI is InChI=1S/C12H16O4/c1-4-7-11(13)15-9-10(6-3)16-12(14)8-5-2/h4-6,10H,1-3,7-9H2. The summed E-state index contributed by atoms with van der Waals surface area (Å²) in [5.74, 6) is -0.846. The fourth-order valence-corrected chi connectivity index (χ4v) is 0.837. The van der Waals surface area contributed by atoms with Crippen molar-refractivity contribution in [2.45, 2.75) is 18.9 Å². The van der Waals surface area contributed by atoms with Gasteiger partial charge in [-0.2, -0.15) is 0 Å². The summed E-state index contributed by atoms with van der Waals surface area (Å²) in [7, 11) is 0. The van der Waals surface area contributed by atoms with Gasteiger partial charge in [0.25, 0.3) is 0 Å². The number of carbonyl (C=O) groups excluding carboxylic acids is 2. The first-order valence-electron chi connectivity index (χ1n) is 4.83. The Kier molecular flexibility index (Phi) is 7.49. The lowest BCUT2D eigenvalue weighted by Gasteiger charge is -2.13. The second kappa shape index (κ2) is 8.47. The maximum absolute atomic E-state index is 11.1. The topological polar surface area (TPSA) is 52.6 Å². The van der Waals surface area contributed by atoms with Crippen LogP contribution in [0.15, 0.2) is 38.0 Å². The average Bonchev–Trinajstić information content (AvgIpc) is 2.25. The van der Waals surface area contributed by atoms with Crippen LogP contribution in [0.25, 0.3) is 0 Å². The van der Waals surface area contributed by atoms with Crippen molar-refractivity contribution in [3.05, 3.63) is 38.0 Å². The first kappa shape index (κ1) is 14.2. The molecule has 16 heavy (non-hydrogen) atoms. The Balaban J connectivity index is 3.95. The zero-order valence-corrected chi connectivity index (χ0v) is 9.19. The third-order valence-electron chi connectivity index (χ3n) is 1.58. The van der Waals surface area contributed by atoms with E-state index >= 15 is 0 Å². The SMILES string of the molecule is C=CCC(=O)OCC(C=C)OC(=O)CC=C. The molecule has 4 heteroatoms. The average molecular weight is 224 g/mol. The lowest BCUT2D eigenvalue weighted by Crippen LogP contribution is -2.22. The van der Waals surface area contributed by atoms with Crippen LogP contribution in [0.5, 0.6) is 0 Å². The lowest BCUT2D eigenvalue weighted by molar-refractivity contribution is -0.155. The van der Waals surface area contributed by atoms with E-state index in [1.54, 1.807) is 0 Å². The number of hydrogen-bond acceptors (Lipinski definition) is 4. The lowest BCUT2D eigenvalue weighted by atomic mass is 10.3.